The van der Waals surface area contributed by atoms with Gasteiger partial charge in [0.1, 0.15) is 23.7 Å². The van der Waals surface area contributed by atoms with Crippen LogP contribution in [0.15, 0.2) is 122 Å². The lowest BCUT2D eigenvalue weighted by Gasteiger charge is -2.27. The van der Waals surface area contributed by atoms with Gasteiger partial charge < -0.3 is 14.2 Å². The highest BCUT2D eigenvalue weighted by Crippen LogP contribution is 2.39. The minimum absolute atomic E-state index is 0.408. The summed E-state index contributed by atoms with van der Waals surface area (Å²) in [6, 6.07) is 25.3. The summed E-state index contributed by atoms with van der Waals surface area (Å²) in [5.41, 5.74) is 5.84. The number of alkyl halides is 6. The van der Waals surface area contributed by atoms with Crippen LogP contribution in [0.4, 0.5) is 26.3 Å². The van der Waals surface area contributed by atoms with Gasteiger partial charge in [0.15, 0.2) is 11.6 Å². The molecule has 2 unspecified atom stereocenters. The van der Waals surface area contributed by atoms with Gasteiger partial charge in [0.25, 0.3) is 0 Å². The molecule has 0 radical (unpaired) electrons. The fourth-order valence-corrected chi connectivity index (χ4v) is 6.56. The van der Waals surface area contributed by atoms with Crippen LogP contribution in [0, 0.1) is 0 Å². The van der Waals surface area contributed by atoms with E-state index < -0.39 is 36.4 Å². The van der Waals surface area contributed by atoms with Gasteiger partial charge in [-0.2, -0.15) is 0 Å². The Morgan fingerprint density at radius 1 is 0.441 bits per heavy atom. The number of aromatic nitrogens is 4. The van der Waals surface area contributed by atoms with E-state index in [0.29, 0.717) is 33.9 Å². The number of aryl methyl sites for hydroxylation is 2. The quantitative estimate of drug-likeness (QED) is 0.0631. The second-order valence-electron chi connectivity index (χ2n) is 14.1. The monoisotopic (exact) mass is 814 g/mol. The number of rotatable bonds is 18. The Balaban J connectivity index is 1.34. The molecule has 0 N–H and O–H groups in total. The van der Waals surface area contributed by atoms with Crippen molar-refractivity contribution in [3.63, 3.8) is 0 Å². The Labute approximate surface area is 339 Å². The standard InChI is InChI=1S/C46H44F6N4O3/c1-3-5-7-9-31-27-53-43(54-28-31)37-15-11-33(12-16-37)41(35-19-23-39(24-20-35)58-45(47,48)49)57-42(36-21-25-40(26-22-36)59-46(50,51)52)34-13-17-38(18-14-34)44-55-29-32(30-56-44)10-8-6-4-2/h11-30,41-42H,3-10H2,1-2H3. The Morgan fingerprint density at radius 2 is 0.746 bits per heavy atom. The van der Waals surface area contributed by atoms with Crippen LogP contribution in [0.1, 0.15) is 98.0 Å². The Morgan fingerprint density at radius 3 is 1.03 bits per heavy atom. The van der Waals surface area contributed by atoms with Crippen LogP contribution in [0.3, 0.4) is 0 Å². The summed E-state index contributed by atoms with van der Waals surface area (Å²) >= 11 is 0. The number of nitrogens with zero attached hydrogens (tertiary/aromatic N) is 4. The van der Waals surface area contributed by atoms with E-state index in [9.17, 15) is 26.3 Å². The molecule has 6 aromatic rings. The van der Waals surface area contributed by atoms with Crippen LogP contribution in [-0.4, -0.2) is 32.7 Å². The predicted molar refractivity (Wildman–Crippen MR) is 212 cm³/mol. The molecule has 0 amide bonds. The minimum atomic E-state index is -4.88. The lowest BCUT2D eigenvalue weighted by atomic mass is 9.96. The molecule has 0 aliphatic heterocycles. The Kier molecular flexibility index (Phi) is 14.3. The molecule has 13 heteroatoms. The lowest BCUT2D eigenvalue weighted by Crippen LogP contribution is -2.17. The van der Waals surface area contributed by atoms with Crippen LogP contribution in [0.25, 0.3) is 22.8 Å². The van der Waals surface area contributed by atoms with Gasteiger partial charge in [0.05, 0.1) is 0 Å². The summed E-state index contributed by atoms with van der Waals surface area (Å²) in [4.78, 5) is 18.3. The maximum Gasteiger partial charge on any atom is 0.573 e. The molecule has 0 fully saturated rings. The van der Waals surface area contributed by atoms with Crippen LogP contribution < -0.4 is 9.47 Å². The van der Waals surface area contributed by atoms with E-state index in [2.05, 4.69) is 43.3 Å². The van der Waals surface area contributed by atoms with Gasteiger partial charge in [-0.1, -0.05) is 112 Å². The number of benzene rings is 4. The average molecular weight is 815 g/mol. The number of hydrogen-bond donors (Lipinski definition) is 0. The van der Waals surface area contributed by atoms with E-state index in [1.54, 1.807) is 0 Å². The zero-order valence-corrected chi connectivity index (χ0v) is 32.6. The van der Waals surface area contributed by atoms with E-state index in [1.165, 1.54) is 48.5 Å². The number of ether oxygens (including phenoxy) is 3. The van der Waals surface area contributed by atoms with Crippen molar-refractivity contribution in [1.82, 2.24) is 19.9 Å². The fourth-order valence-electron chi connectivity index (χ4n) is 6.56. The van der Waals surface area contributed by atoms with Crippen molar-refractivity contribution < 1.29 is 40.6 Å². The van der Waals surface area contributed by atoms with Crippen LogP contribution in [0.5, 0.6) is 11.5 Å². The number of halogens is 6. The zero-order chi connectivity index (χ0) is 41.8. The summed E-state index contributed by atoms with van der Waals surface area (Å²) in [6.45, 7) is 4.29. The first kappa shape index (κ1) is 42.8. The molecule has 0 saturated carbocycles. The highest BCUT2D eigenvalue weighted by molar-refractivity contribution is 5.57. The molecule has 4 aromatic carbocycles. The summed E-state index contributed by atoms with van der Waals surface area (Å²) in [5, 5.41) is 0. The van der Waals surface area contributed by atoms with Gasteiger partial charge in [-0.25, -0.2) is 19.9 Å². The second kappa shape index (κ2) is 19.8. The molecule has 7 nitrogen and oxygen atoms in total. The third kappa shape index (κ3) is 12.6. The second-order valence-corrected chi connectivity index (χ2v) is 14.1. The first-order valence-electron chi connectivity index (χ1n) is 19.6. The van der Waals surface area contributed by atoms with Gasteiger partial charge in [0.2, 0.25) is 0 Å². The topological polar surface area (TPSA) is 79.2 Å². The summed E-state index contributed by atoms with van der Waals surface area (Å²) in [6.07, 6.45) is 4.09. The van der Waals surface area contributed by atoms with E-state index in [4.69, 9.17) is 4.74 Å². The molecule has 2 aromatic heterocycles. The maximum absolute atomic E-state index is 13.1. The van der Waals surface area contributed by atoms with Gasteiger partial charge in [0, 0.05) is 35.9 Å². The molecule has 0 aliphatic rings. The highest BCUT2D eigenvalue weighted by atomic mass is 19.4. The molecule has 308 valence electrons. The van der Waals surface area contributed by atoms with Crippen LogP contribution >= 0.6 is 0 Å². The van der Waals surface area contributed by atoms with Crippen molar-refractivity contribution in [3.05, 3.63) is 155 Å². The van der Waals surface area contributed by atoms with Crippen molar-refractivity contribution in [1.29, 1.82) is 0 Å². The molecule has 0 spiro atoms. The fraction of sp³-hybridized carbons (Fsp3) is 0.304. The molecule has 59 heavy (non-hydrogen) atoms. The predicted octanol–water partition coefficient (Wildman–Crippen LogP) is 12.8. The summed E-state index contributed by atoms with van der Waals surface area (Å²) in [5.74, 6) is 0.232. The average Bonchev–Trinajstić information content (AvgIpc) is 3.22. The van der Waals surface area contributed by atoms with Crippen molar-refractivity contribution in [2.75, 3.05) is 0 Å². The Hall–Kier alpha value is -5.82. The van der Waals surface area contributed by atoms with E-state index in [-0.39, 0.29) is 0 Å². The first-order chi connectivity index (χ1) is 28.4. The van der Waals surface area contributed by atoms with E-state index in [1.807, 2.05) is 73.3 Å². The SMILES string of the molecule is CCCCCc1cnc(-c2ccc(C(OC(c3ccc(OC(F)(F)F)cc3)c3ccc(-c4ncc(CCCCC)cn4)cc3)c3ccc(OC(F)(F)F)cc3)cc2)nc1. The smallest absolute Gasteiger partial charge is 0.406 e. The van der Waals surface area contributed by atoms with Gasteiger partial charge >= 0.3 is 12.7 Å². The molecule has 6 rings (SSSR count). The van der Waals surface area contributed by atoms with Crippen LogP contribution in [-0.2, 0) is 17.6 Å². The van der Waals surface area contributed by atoms with Gasteiger partial charge in [-0.15, -0.1) is 26.3 Å². The van der Waals surface area contributed by atoms with E-state index in [0.717, 1.165) is 73.6 Å². The lowest BCUT2D eigenvalue weighted by molar-refractivity contribution is -0.275. The molecular formula is C46H44F6N4O3. The molecule has 0 aliphatic carbocycles. The van der Waals surface area contributed by atoms with Crippen molar-refractivity contribution >= 4 is 0 Å². The van der Waals surface area contributed by atoms with Crippen molar-refractivity contribution in [3.8, 4) is 34.3 Å². The third-order valence-corrected chi connectivity index (χ3v) is 9.60. The maximum atomic E-state index is 13.1. The number of hydrogen-bond acceptors (Lipinski definition) is 7. The molecular weight excluding hydrogens is 771 g/mol. The van der Waals surface area contributed by atoms with Crippen molar-refractivity contribution in [2.45, 2.75) is 90.1 Å². The largest absolute Gasteiger partial charge is 0.573 e. The van der Waals surface area contributed by atoms with Gasteiger partial charge in [-0.3, -0.25) is 0 Å². The molecule has 0 bridgehead atoms. The van der Waals surface area contributed by atoms with Crippen LogP contribution in [0.2, 0.25) is 0 Å². The van der Waals surface area contributed by atoms with Crippen molar-refractivity contribution in [2.24, 2.45) is 0 Å². The first-order valence-corrected chi connectivity index (χ1v) is 19.6. The molecule has 0 saturated heterocycles. The van der Waals surface area contributed by atoms with E-state index >= 15 is 0 Å². The Bertz CT molecular complexity index is 2020. The minimum Gasteiger partial charge on any atom is -0.406 e. The summed E-state index contributed by atoms with van der Waals surface area (Å²) < 4.78 is 93.6. The molecule has 2 heterocycles. The summed E-state index contributed by atoms with van der Waals surface area (Å²) in [7, 11) is 0. The zero-order valence-electron chi connectivity index (χ0n) is 32.6. The molecule has 2 atom stereocenters. The highest BCUT2D eigenvalue weighted by Gasteiger charge is 2.32. The third-order valence-electron chi connectivity index (χ3n) is 9.60. The van der Waals surface area contributed by atoms with Gasteiger partial charge in [-0.05, 0) is 83.3 Å². The number of unbranched alkanes of at least 4 members (excludes halogenated alkanes) is 4. The normalized spacial score (nSPS) is 12.9.